The molecule has 2 saturated heterocycles. The molecule has 2 aliphatic rings. The number of ether oxygens (including phenoxy) is 1. The molecule has 4 rings (SSSR count). The Balaban J connectivity index is 1.37. The van der Waals surface area contributed by atoms with E-state index in [0.717, 1.165) is 12.8 Å². The van der Waals surface area contributed by atoms with Gasteiger partial charge in [-0.15, -0.1) is 0 Å². The Labute approximate surface area is 188 Å². The lowest BCUT2D eigenvalue weighted by Crippen LogP contribution is -2.50. The molecule has 0 aliphatic carbocycles. The van der Waals surface area contributed by atoms with Gasteiger partial charge in [-0.3, -0.25) is 9.59 Å². The largest absolute Gasteiger partial charge is 0.377 e. The number of sulfonamides is 1. The highest BCUT2D eigenvalue weighted by Gasteiger charge is 2.26. The summed E-state index contributed by atoms with van der Waals surface area (Å²) in [5.41, 5.74) is 0.938. The molecule has 1 N–H and O–H groups in total. The van der Waals surface area contributed by atoms with Crippen molar-refractivity contribution in [2.24, 2.45) is 0 Å². The number of benzene rings is 2. The maximum atomic E-state index is 13.0. The lowest BCUT2D eigenvalue weighted by atomic mass is 10.1. The van der Waals surface area contributed by atoms with Crippen LogP contribution in [0.2, 0.25) is 0 Å². The van der Waals surface area contributed by atoms with E-state index >= 15 is 0 Å². The molecular weight excluding hydrogens is 430 g/mol. The summed E-state index contributed by atoms with van der Waals surface area (Å²) in [7, 11) is -3.74. The minimum Gasteiger partial charge on any atom is -0.377 e. The van der Waals surface area contributed by atoms with Crippen LogP contribution in [0.4, 0.5) is 0 Å². The van der Waals surface area contributed by atoms with Crippen LogP contribution in [0.15, 0.2) is 59.5 Å². The van der Waals surface area contributed by atoms with Crippen LogP contribution in [0, 0.1) is 0 Å². The van der Waals surface area contributed by atoms with Crippen LogP contribution in [-0.2, 0) is 14.8 Å². The Morgan fingerprint density at radius 3 is 2.16 bits per heavy atom. The maximum Gasteiger partial charge on any atom is 0.254 e. The van der Waals surface area contributed by atoms with Crippen molar-refractivity contribution in [1.82, 2.24) is 14.5 Å². The second kappa shape index (κ2) is 9.81. The monoisotopic (exact) mass is 457 g/mol. The van der Waals surface area contributed by atoms with E-state index in [-0.39, 0.29) is 29.4 Å². The average Bonchev–Trinajstić information content (AvgIpc) is 3.37. The molecule has 2 aromatic rings. The van der Waals surface area contributed by atoms with Crippen LogP contribution < -0.4 is 4.72 Å². The number of carbonyl (C=O) groups is 2. The number of nitrogens with one attached hydrogen (secondary N) is 1. The molecule has 2 amide bonds. The summed E-state index contributed by atoms with van der Waals surface area (Å²) in [6.07, 6.45) is 1.66. The first-order chi connectivity index (χ1) is 15.4. The summed E-state index contributed by atoms with van der Waals surface area (Å²) in [4.78, 5) is 29.0. The molecule has 0 radical (unpaired) electrons. The van der Waals surface area contributed by atoms with Crippen molar-refractivity contribution >= 4 is 21.8 Å². The predicted octanol–water partition coefficient (Wildman–Crippen LogP) is 1.74. The topological polar surface area (TPSA) is 96.0 Å². The van der Waals surface area contributed by atoms with Crippen LogP contribution >= 0.6 is 0 Å². The van der Waals surface area contributed by atoms with Gasteiger partial charge in [-0.2, -0.15) is 0 Å². The zero-order chi connectivity index (χ0) is 22.6. The molecule has 1 atom stereocenters. The standard InChI is InChI=1S/C23H27N3O5S/c27-22(18-6-2-1-3-7-18)25-11-13-26(14-12-25)23(28)19-8-4-10-21(16-19)32(29,30)24-17-20-9-5-15-31-20/h1-4,6-8,10,16,20,24H,5,9,11-15,17H2. The van der Waals surface area contributed by atoms with Crippen LogP contribution in [0.1, 0.15) is 33.6 Å². The zero-order valence-corrected chi connectivity index (χ0v) is 18.6. The summed E-state index contributed by atoms with van der Waals surface area (Å²) >= 11 is 0. The normalized spacial score (nSPS) is 19.2. The smallest absolute Gasteiger partial charge is 0.254 e. The fourth-order valence-corrected chi connectivity index (χ4v) is 5.06. The lowest BCUT2D eigenvalue weighted by Gasteiger charge is -2.35. The van der Waals surface area contributed by atoms with Gasteiger partial charge in [0.25, 0.3) is 11.8 Å². The minimum atomic E-state index is -3.74. The van der Waals surface area contributed by atoms with Crippen LogP contribution in [0.5, 0.6) is 0 Å². The van der Waals surface area contributed by atoms with E-state index in [1.165, 1.54) is 12.1 Å². The second-order valence-corrected chi connectivity index (χ2v) is 9.73. The van der Waals surface area contributed by atoms with E-state index in [4.69, 9.17) is 4.74 Å². The van der Waals surface area contributed by atoms with Crippen LogP contribution in [0.3, 0.4) is 0 Å². The van der Waals surface area contributed by atoms with Gasteiger partial charge >= 0.3 is 0 Å². The van der Waals surface area contributed by atoms with Gasteiger partial charge in [-0.1, -0.05) is 24.3 Å². The van der Waals surface area contributed by atoms with Gasteiger partial charge in [0.05, 0.1) is 11.0 Å². The SMILES string of the molecule is O=C(c1ccccc1)N1CCN(C(=O)c2cccc(S(=O)(=O)NCC3CCCO3)c2)CC1. The molecule has 9 heteroatoms. The van der Waals surface area contributed by atoms with Crippen molar-refractivity contribution in [2.75, 3.05) is 39.3 Å². The molecular formula is C23H27N3O5S. The second-order valence-electron chi connectivity index (χ2n) is 7.97. The third kappa shape index (κ3) is 5.17. The molecule has 2 heterocycles. The average molecular weight is 458 g/mol. The summed E-state index contributed by atoms with van der Waals surface area (Å²) in [5.74, 6) is -0.295. The molecule has 0 aromatic heterocycles. The Kier molecular flexibility index (Phi) is 6.88. The molecule has 2 fully saturated rings. The molecule has 2 aromatic carbocycles. The zero-order valence-electron chi connectivity index (χ0n) is 17.8. The Hall–Kier alpha value is -2.75. The molecule has 0 saturated carbocycles. The number of rotatable bonds is 6. The van der Waals surface area contributed by atoms with E-state index < -0.39 is 10.0 Å². The van der Waals surface area contributed by atoms with Crippen LogP contribution in [0.25, 0.3) is 0 Å². The third-order valence-corrected chi connectivity index (χ3v) is 7.21. The van der Waals surface area contributed by atoms with Crippen molar-refractivity contribution in [2.45, 2.75) is 23.8 Å². The number of piperazine rings is 1. The van der Waals surface area contributed by atoms with Gasteiger partial charge in [0.15, 0.2) is 0 Å². The molecule has 0 spiro atoms. The molecule has 2 aliphatic heterocycles. The number of hydrogen-bond donors (Lipinski definition) is 1. The van der Waals surface area contributed by atoms with Crippen molar-refractivity contribution in [3.63, 3.8) is 0 Å². The summed E-state index contributed by atoms with van der Waals surface area (Å²) in [5, 5.41) is 0. The first-order valence-corrected chi connectivity index (χ1v) is 12.3. The van der Waals surface area contributed by atoms with E-state index in [1.807, 2.05) is 18.2 Å². The Morgan fingerprint density at radius 1 is 0.906 bits per heavy atom. The first kappa shape index (κ1) is 22.4. The van der Waals surface area contributed by atoms with Crippen molar-refractivity contribution in [3.8, 4) is 0 Å². The fraction of sp³-hybridized carbons (Fsp3) is 0.391. The van der Waals surface area contributed by atoms with Gasteiger partial charge in [-0.05, 0) is 43.2 Å². The first-order valence-electron chi connectivity index (χ1n) is 10.8. The Bertz CT molecular complexity index is 1060. The molecule has 8 nitrogen and oxygen atoms in total. The highest BCUT2D eigenvalue weighted by molar-refractivity contribution is 7.89. The van der Waals surface area contributed by atoms with Gasteiger partial charge in [-0.25, -0.2) is 13.1 Å². The number of carbonyl (C=O) groups excluding carboxylic acids is 2. The Morgan fingerprint density at radius 2 is 1.53 bits per heavy atom. The van der Waals surface area contributed by atoms with Crippen molar-refractivity contribution in [1.29, 1.82) is 0 Å². The third-order valence-electron chi connectivity index (χ3n) is 5.79. The maximum absolute atomic E-state index is 13.0. The fourth-order valence-electron chi connectivity index (χ4n) is 3.95. The van der Waals surface area contributed by atoms with Crippen molar-refractivity contribution in [3.05, 3.63) is 65.7 Å². The summed E-state index contributed by atoms with van der Waals surface area (Å²) in [6.45, 7) is 2.52. The highest BCUT2D eigenvalue weighted by atomic mass is 32.2. The lowest BCUT2D eigenvalue weighted by molar-refractivity contribution is 0.0535. The number of hydrogen-bond acceptors (Lipinski definition) is 5. The summed E-state index contributed by atoms with van der Waals surface area (Å²) in [6, 6.07) is 15.1. The number of amides is 2. The van der Waals surface area contributed by atoms with Crippen LogP contribution in [-0.4, -0.2) is 75.5 Å². The van der Waals surface area contributed by atoms with Crippen molar-refractivity contribution < 1.29 is 22.7 Å². The predicted molar refractivity (Wildman–Crippen MR) is 119 cm³/mol. The quantitative estimate of drug-likeness (QED) is 0.713. The van der Waals surface area contributed by atoms with E-state index in [2.05, 4.69) is 4.72 Å². The van der Waals surface area contributed by atoms with Gasteiger partial charge in [0.1, 0.15) is 0 Å². The minimum absolute atomic E-state index is 0.0527. The molecule has 1 unspecified atom stereocenters. The molecule has 32 heavy (non-hydrogen) atoms. The van der Waals surface area contributed by atoms with E-state index in [0.29, 0.717) is 43.9 Å². The van der Waals surface area contributed by atoms with Gasteiger partial charge in [0, 0.05) is 50.5 Å². The van der Waals surface area contributed by atoms with Gasteiger partial charge in [0.2, 0.25) is 10.0 Å². The highest BCUT2D eigenvalue weighted by Crippen LogP contribution is 2.17. The van der Waals surface area contributed by atoms with E-state index in [1.54, 1.807) is 34.1 Å². The van der Waals surface area contributed by atoms with Gasteiger partial charge < -0.3 is 14.5 Å². The van der Waals surface area contributed by atoms with E-state index in [9.17, 15) is 18.0 Å². The summed E-state index contributed by atoms with van der Waals surface area (Å²) < 4.78 is 33.4. The molecule has 0 bridgehead atoms. The molecule has 170 valence electrons. The number of nitrogens with zero attached hydrogens (tertiary/aromatic N) is 2.